The second-order valence-electron chi connectivity index (χ2n) is 3.60. The summed E-state index contributed by atoms with van der Waals surface area (Å²) in [5.74, 6) is 0.455. The van der Waals surface area contributed by atoms with Crippen molar-refractivity contribution in [1.82, 2.24) is 20.8 Å². The van der Waals surface area contributed by atoms with Gasteiger partial charge in [-0.3, -0.25) is 10.3 Å². The molecule has 0 aliphatic rings. The maximum absolute atomic E-state index is 8.47. The van der Waals surface area contributed by atoms with Crippen molar-refractivity contribution in [2.75, 3.05) is 13.6 Å². The average molecular weight is 264 g/mol. The van der Waals surface area contributed by atoms with E-state index in [0.29, 0.717) is 12.5 Å². The zero-order valence-electron chi connectivity index (χ0n) is 10.2. The van der Waals surface area contributed by atoms with Crippen LogP contribution in [0.5, 0.6) is 0 Å². The topological polar surface area (TPSA) is 86.0 Å². The predicted octanol–water partition coefficient (Wildman–Crippen LogP) is 0.354. The van der Waals surface area contributed by atoms with Crippen LogP contribution in [-0.4, -0.2) is 35.0 Å². The monoisotopic (exact) mass is 264 g/mol. The van der Waals surface area contributed by atoms with Gasteiger partial charge in [0, 0.05) is 25.0 Å². The molecule has 1 heterocycles. The van der Waals surface area contributed by atoms with E-state index in [0.717, 1.165) is 18.5 Å². The summed E-state index contributed by atoms with van der Waals surface area (Å²) in [7, 11) is 1.61. The number of aryl methyl sites for hydroxylation is 1. The molecule has 0 saturated carbocycles. The average Bonchev–Trinajstić information content (AvgIpc) is 2.42. The van der Waals surface area contributed by atoms with Crippen LogP contribution >= 0.6 is 12.6 Å². The van der Waals surface area contributed by atoms with Gasteiger partial charge in [-0.25, -0.2) is 0 Å². The fourth-order valence-corrected chi connectivity index (χ4v) is 1.55. The Kier molecular flexibility index (Phi) is 6.58. The smallest absolute Gasteiger partial charge is 0.204 e. The molecule has 0 radical (unpaired) electrons. The summed E-state index contributed by atoms with van der Waals surface area (Å²) < 4.78 is 0. The molecular formula is C11H16N6S. The van der Waals surface area contributed by atoms with Crippen LogP contribution in [0.4, 0.5) is 0 Å². The van der Waals surface area contributed by atoms with Crippen LogP contribution in [0, 0.1) is 11.5 Å². The zero-order valence-corrected chi connectivity index (χ0v) is 11.1. The summed E-state index contributed by atoms with van der Waals surface area (Å²) in [6.07, 6.45) is 5.17. The van der Waals surface area contributed by atoms with Crippen LogP contribution in [0.15, 0.2) is 23.3 Å². The molecule has 18 heavy (non-hydrogen) atoms. The Morgan fingerprint density at radius 3 is 3.11 bits per heavy atom. The first-order chi connectivity index (χ1) is 8.76. The minimum absolute atomic E-state index is 0.157. The highest BCUT2D eigenvalue weighted by Gasteiger charge is 2.05. The first-order valence-electron chi connectivity index (χ1n) is 5.56. The molecule has 2 N–H and O–H groups in total. The summed E-state index contributed by atoms with van der Waals surface area (Å²) >= 11 is 4.47. The number of hydrogen-bond donors (Lipinski definition) is 3. The highest BCUT2D eigenvalue weighted by molar-refractivity contribution is 7.81. The van der Waals surface area contributed by atoms with Crippen LogP contribution in [0.2, 0.25) is 0 Å². The lowest BCUT2D eigenvalue weighted by Gasteiger charge is -2.12. The van der Waals surface area contributed by atoms with E-state index in [-0.39, 0.29) is 5.25 Å². The standard InChI is InChI=1S/C11H16N6S/c1-13-11(15-8-12)14-7-10(18)5-4-9-3-2-6-16-17-9/h2-3,6,10,18H,4-5,7H2,1H3,(H2,13,14,15). The van der Waals surface area contributed by atoms with Gasteiger partial charge in [-0.15, -0.1) is 0 Å². The number of aliphatic imine (C=N–C) groups is 1. The molecule has 1 atom stereocenters. The molecule has 0 saturated heterocycles. The fourth-order valence-electron chi connectivity index (χ4n) is 1.33. The van der Waals surface area contributed by atoms with Gasteiger partial charge in [-0.1, -0.05) is 0 Å². The van der Waals surface area contributed by atoms with Gasteiger partial charge in [0.15, 0.2) is 6.19 Å². The Labute approximate surface area is 112 Å². The Bertz CT molecular complexity index is 413. The highest BCUT2D eigenvalue weighted by Crippen LogP contribution is 2.05. The number of thiol groups is 1. The van der Waals surface area contributed by atoms with E-state index >= 15 is 0 Å². The summed E-state index contributed by atoms with van der Waals surface area (Å²) in [6.45, 7) is 0.630. The molecule has 0 aliphatic heterocycles. The molecule has 1 rings (SSSR count). The molecule has 96 valence electrons. The Morgan fingerprint density at radius 1 is 1.67 bits per heavy atom. The van der Waals surface area contributed by atoms with Gasteiger partial charge >= 0.3 is 0 Å². The molecular weight excluding hydrogens is 248 g/mol. The maximum atomic E-state index is 8.47. The molecule has 0 spiro atoms. The van der Waals surface area contributed by atoms with Crippen LogP contribution in [0.3, 0.4) is 0 Å². The Morgan fingerprint density at radius 2 is 2.50 bits per heavy atom. The van der Waals surface area contributed by atoms with Crippen molar-refractivity contribution >= 4 is 18.6 Å². The van der Waals surface area contributed by atoms with Crippen LogP contribution < -0.4 is 10.6 Å². The minimum Gasteiger partial charge on any atom is -0.354 e. The summed E-state index contributed by atoms with van der Waals surface area (Å²) in [4.78, 5) is 3.88. The minimum atomic E-state index is 0.157. The predicted molar refractivity (Wildman–Crippen MR) is 73.2 cm³/mol. The third-order valence-electron chi connectivity index (χ3n) is 2.26. The molecule has 7 heteroatoms. The van der Waals surface area contributed by atoms with Crippen LogP contribution in [0.25, 0.3) is 0 Å². The van der Waals surface area contributed by atoms with Gasteiger partial charge < -0.3 is 5.32 Å². The number of guanidine groups is 1. The lowest BCUT2D eigenvalue weighted by molar-refractivity contribution is 0.707. The number of rotatable bonds is 5. The van der Waals surface area contributed by atoms with Crippen LogP contribution in [0.1, 0.15) is 12.1 Å². The molecule has 0 fully saturated rings. The van der Waals surface area contributed by atoms with Gasteiger partial charge in [0.05, 0.1) is 5.69 Å². The molecule has 1 aromatic rings. The van der Waals surface area contributed by atoms with E-state index in [1.165, 1.54) is 0 Å². The normalized spacial score (nSPS) is 12.6. The van der Waals surface area contributed by atoms with Crippen LogP contribution in [-0.2, 0) is 6.42 Å². The van der Waals surface area contributed by atoms with E-state index in [1.807, 2.05) is 18.3 Å². The van der Waals surface area contributed by atoms with Crippen molar-refractivity contribution in [3.05, 3.63) is 24.0 Å². The summed E-state index contributed by atoms with van der Waals surface area (Å²) in [5.41, 5.74) is 0.955. The second kappa shape index (κ2) is 8.31. The number of nitriles is 1. The molecule has 0 amide bonds. The van der Waals surface area contributed by atoms with Crippen molar-refractivity contribution < 1.29 is 0 Å². The molecule has 0 aromatic carbocycles. The quantitative estimate of drug-likeness (QED) is 0.235. The largest absolute Gasteiger partial charge is 0.354 e. The van der Waals surface area contributed by atoms with E-state index in [2.05, 4.69) is 38.5 Å². The Balaban J connectivity index is 2.26. The first kappa shape index (κ1) is 14.3. The summed E-state index contributed by atoms with van der Waals surface area (Å²) in [5, 5.41) is 21.9. The molecule has 0 aliphatic carbocycles. The van der Waals surface area contributed by atoms with Crippen molar-refractivity contribution in [1.29, 1.82) is 5.26 Å². The second-order valence-corrected chi connectivity index (χ2v) is 4.33. The van der Waals surface area contributed by atoms with Gasteiger partial charge in [-0.2, -0.15) is 28.1 Å². The van der Waals surface area contributed by atoms with Crippen molar-refractivity contribution in [3.8, 4) is 6.19 Å². The van der Waals surface area contributed by atoms with Crippen molar-refractivity contribution in [3.63, 3.8) is 0 Å². The maximum Gasteiger partial charge on any atom is 0.204 e. The van der Waals surface area contributed by atoms with Gasteiger partial charge in [0.25, 0.3) is 0 Å². The van der Waals surface area contributed by atoms with Gasteiger partial charge in [0.2, 0.25) is 5.96 Å². The first-order valence-corrected chi connectivity index (χ1v) is 6.08. The third-order valence-corrected chi connectivity index (χ3v) is 2.71. The molecule has 0 bridgehead atoms. The van der Waals surface area contributed by atoms with E-state index in [1.54, 1.807) is 13.2 Å². The molecule has 1 aromatic heterocycles. The van der Waals surface area contributed by atoms with E-state index in [4.69, 9.17) is 5.26 Å². The number of nitrogens with zero attached hydrogens (tertiary/aromatic N) is 4. The van der Waals surface area contributed by atoms with Gasteiger partial charge in [0.1, 0.15) is 0 Å². The Hall–Kier alpha value is -1.81. The lowest BCUT2D eigenvalue weighted by atomic mass is 10.2. The summed E-state index contributed by atoms with van der Waals surface area (Å²) in [6, 6.07) is 3.81. The molecule has 6 nitrogen and oxygen atoms in total. The number of aromatic nitrogens is 2. The number of hydrogen-bond acceptors (Lipinski definition) is 5. The van der Waals surface area contributed by atoms with E-state index in [9.17, 15) is 0 Å². The number of nitrogens with one attached hydrogen (secondary N) is 2. The zero-order chi connectivity index (χ0) is 13.2. The third kappa shape index (κ3) is 5.50. The SMILES string of the molecule is CN=C(NC#N)NCC(S)CCc1cccnn1. The van der Waals surface area contributed by atoms with Gasteiger partial charge in [-0.05, 0) is 25.0 Å². The highest BCUT2D eigenvalue weighted by atomic mass is 32.1. The lowest BCUT2D eigenvalue weighted by Crippen LogP contribution is -2.37. The molecule has 1 unspecified atom stereocenters. The van der Waals surface area contributed by atoms with Crippen molar-refractivity contribution in [2.24, 2.45) is 4.99 Å². The van der Waals surface area contributed by atoms with Crippen molar-refractivity contribution in [2.45, 2.75) is 18.1 Å². The fraction of sp³-hybridized carbons (Fsp3) is 0.455. The van der Waals surface area contributed by atoms with E-state index < -0.39 is 0 Å².